The van der Waals surface area contributed by atoms with Crippen molar-refractivity contribution in [2.45, 2.75) is 33.2 Å². The van der Waals surface area contributed by atoms with Crippen molar-refractivity contribution in [3.05, 3.63) is 98.5 Å². The monoisotopic (exact) mass is 411 g/mol. The minimum Gasteiger partial charge on any atom is -0.378 e. The van der Waals surface area contributed by atoms with Gasteiger partial charge in [0, 0.05) is 17.7 Å². The van der Waals surface area contributed by atoms with Gasteiger partial charge in [0.15, 0.2) is 5.78 Å². The average molecular weight is 412 g/mol. The Morgan fingerprint density at radius 3 is 2.21 bits per heavy atom. The summed E-state index contributed by atoms with van der Waals surface area (Å²) in [4.78, 5) is 12.9. The third-order valence-corrected chi connectivity index (χ3v) is 5.70. The Labute approximate surface area is 176 Å². The van der Waals surface area contributed by atoms with E-state index in [1.807, 2.05) is 49.4 Å². The first-order valence-electron chi connectivity index (χ1n) is 9.22. The van der Waals surface area contributed by atoms with Crippen LogP contribution >= 0.6 is 23.2 Å². The van der Waals surface area contributed by atoms with E-state index in [2.05, 4.69) is 31.3 Å². The molecule has 0 amide bonds. The maximum atomic E-state index is 12.9. The Kier molecular flexibility index (Phi) is 6.43. The maximum Gasteiger partial charge on any atom is 0.165 e. The molecule has 3 aromatic carbocycles. The van der Waals surface area contributed by atoms with Crippen LogP contribution in [0.15, 0.2) is 60.7 Å². The molecular formula is C24H23Cl2NO. The molecule has 0 heterocycles. The van der Waals surface area contributed by atoms with E-state index in [4.69, 9.17) is 23.2 Å². The quantitative estimate of drug-likeness (QED) is 0.429. The summed E-state index contributed by atoms with van der Waals surface area (Å²) in [7, 11) is 0. The number of aryl methyl sites for hydroxylation is 3. The molecule has 0 aliphatic carbocycles. The Morgan fingerprint density at radius 1 is 0.857 bits per heavy atom. The summed E-state index contributed by atoms with van der Waals surface area (Å²) >= 11 is 12.3. The molecule has 0 aromatic heterocycles. The van der Waals surface area contributed by atoms with Crippen LogP contribution in [0.4, 0.5) is 5.69 Å². The molecule has 28 heavy (non-hydrogen) atoms. The van der Waals surface area contributed by atoms with Gasteiger partial charge in [0.2, 0.25) is 0 Å². The van der Waals surface area contributed by atoms with Crippen molar-refractivity contribution in [1.82, 2.24) is 0 Å². The summed E-state index contributed by atoms with van der Waals surface area (Å²) in [5, 5.41) is 4.48. The Balaban J connectivity index is 1.90. The lowest BCUT2D eigenvalue weighted by Crippen LogP contribution is -2.16. The molecule has 0 spiro atoms. The van der Waals surface area contributed by atoms with Gasteiger partial charge in [-0.25, -0.2) is 0 Å². The Morgan fingerprint density at radius 2 is 1.57 bits per heavy atom. The highest BCUT2D eigenvalue weighted by Gasteiger charge is 2.18. The Bertz CT molecular complexity index is 996. The average Bonchev–Trinajstić information content (AvgIpc) is 2.67. The van der Waals surface area contributed by atoms with Crippen LogP contribution < -0.4 is 5.32 Å². The molecule has 0 saturated carbocycles. The highest BCUT2D eigenvalue weighted by molar-refractivity contribution is 6.42. The minimum atomic E-state index is -0.217. The van der Waals surface area contributed by atoms with Crippen LogP contribution in [0.3, 0.4) is 0 Å². The summed E-state index contributed by atoms with van der Waals surface area (Å²) in [6.07, 6.45) is 0.313. The second-order valence-electron chi connectivity index (χ2n) is 7.16. The molecule has 144 valence electrons. The second-order valence-corrected chi connectivity index (χ2v) is 7.98. The van der Waals surface area contributed by atoms with Gasteiger partial charge < -0.3 is 5.32 Å². The van der Waals surface area contributed by atoms with Gasteiger partial charge in [-0.2, -0.15) is 0 Å². The largest absolute Gasteiger partial charge is 0.378 e. The van der Waals surface area contributed by atoms with Gasteiger partial charge >= 0.3 is 0 Å². The fourth-order valence-corrected chi connectivity index (χ4v) is 3.36. The number of Topliss-reactive ketones (excluding diaryl/α,β-unsaturated/α-hetero) is 1. The lowest BCUT2D eigenvalue weighted by molar-refractivity contribution is 0.0976. The Hall–Kier alpha value is -2.29. The molecule has 0 aliphatic rings. The molecule has 0 fully saturated rings. The van der Waals surface area contributed by atoms with Crippen LogP contribution in [0.2, 0.25) is 10.0 Å². The van der Waals surface area contributed by atoms with Crippen molar-refractivity contribution < 1.29 is 4.79 Å². The molecule has 1 unspecified atom stereocenters. The number of benzene rings is 3. The summed E-state index contributed by atoms with van der Waals surface area (Å²) in [5.41, 5.74) is 6.16. The fourth-order valence-electron chi connectivity index (χ4n) is 3.06. The number of rotatable bonds is 6. The van der Waals surface area contributed by atoms with Gasteiger partial charge in [-0.05, 0) is 61.7 Å². The predicted octanol–water partition coefficient (Wildman–Crippen LogP) is 7.34. The van der Waals surface area contributed by atoms with E-state index in [0.29, 0.717) is 22.0 Å². The molecule has 2 nitrogen and oxygen atoms in total. The topological polar surface area (TPSA) is 29.1 Å². The number of hydrogen-bond acceptors (Lipinski definition) is 2. The van der Waals surface area contributed by atoms with Crippen molar-refractivity contribution in [3.63, 3.8) is 0 Å². The first-order chi connectivity index (χ1) is 13.3. The van der Waals surface area contributed by atoms with E-state index in [0.717, 1.165) is 16.8 Å². The van der Waals surface area contributed by atoms with Gasteiger partial charge in [-0.3, -0.25) is 4.79 Å². The molecule has 3 rings (SSSR count). The molecule has 0 radical (unpaired) electrons. The van der Waals surface area contributed by atoms with E-state index >= 15 is 0 Å². The van der Waals surface area contributed by atoms with E-state index in [1.54, 1.807) is 6.07 Å². The molecule has 3 aromatic rings. The minimum absolute atomic E-state index is 0.0763. The number of ketones is 1. The van der Waals surface area contributed by atoms with Crippen LogP contribution in [0.5, 0.6) is 0 Å². The molecule has 0 aliphatic heterocycles. The first-order valence-corrected chi connectivity index (χ1v) is 9.97. The van der Waals surface area contributed by atoms with Gasteiger partial charge in [0.25, 0.3) is 0 Å². The van der Waals surface area contributed by atoms with Crippen LogP contribution in [-0.2, 0) is 0 Å². The molecule has 1 N–H and O–H groups in total. The number of hydrogen-bond donors (Lipinski definition) is 1. The lowest BCUT2D eigenvalue weighted by Gasteiger charge is -2.21. The standard InChI is InChI=1S/C24H23Cl2NO/c1-15-4-7-18(8-5-15)24(28)14-23(19-9-11-21(25)22(26)13-19)27-20-10-6-16(2)17(3)12-20/h4-13,23,27H,14H2,1-3H3. The van der Waals surface area contributed by atoms with Gasteiger partial charge in [0.05, 0.1) is 16.1 Å². The lowest BCUT2D eigenvalue weighted by atomic mass is 9.97. The van der Waals surface area contributed by atoms with E-state index in [1.165, 1.54) is 11.1 Å². The van der Waals surface area contributed by atoms with Gasteiger partial charge in [0.1, 0.15) is 0 Å². The number of carbonyl (C=O) groups is 1. The van der Waals surface area contributed by atoms with E-state index in [9.17, 15) is 4.79 Å². The smallest absolute Gasteiger partial charge is 0.165 e. The third-order valence-electron chi connectivity index (χ3n) is 4.96. The number of halogens is 2. The maximum absolute atomic E-state index is 12.9. The molecule has 0 bridgehead atoms. The summed E-state index contributed by atoms with van der Waals surface area (Å²) in [6, 6.07) is 19.1. The molecule has 4 heteroatoms. The van der Waals surface area contributed by atoms with Crippen molar-refractivity contribution in [2.75, 3.05) is 5.32 Å². The second kappa shape index (κ2) is 8.81. The number of nitrogens with one attached hydrogen (secondary N) is 1. The van der Waals surface area contributed by atoms with Gasteiger partial charge in [-0.1, -0.05) is 65.2 Å². The van der Waals surface area contributed by atoms with E-state index in [-0.39, 0.29) is 11.8 Å². The molecule has 0 saturated heterocycles. The van der Waals surface area contributed by atoms with Crippen LogP contribution in [0.1, 0.15) is 45.1 Å². The zero-order valence-corrected chi connectivity index (χ0v) is 17.7. The van der Waals surface area contributed by atoms with Crippen LogP contribution in [0, 0.1) is 20.8 Å². The van der Waals surface area contributed by atoms with Crippen molar-refractivity contribution >= 4 is 34.7 Å². The van der Waals surface area contributed by atoms with Gasteiger partial charge in [-0.15, -0.1) is 0 Å². The summed E-state index contributed by atoms with van der Waals surface area (Å²) < 4.78 is 0. The summed E-state index contributed by atoms with van der Waals surface area (Å²) in [6.45, 7) is 6.16. The third kappa shape index (κ3) is 4.95. The van der Waals surface area contributed by atoms with E-state index < -0.39 is 0 Å². The fraction of sp³-hybridized carbons (Fsp3) is 0.208. The van der Waals surface area contributed by atoms with Crippen LogP contribution in [-0.4, -0.2) is 5.78 Å². The normalized spacial score (nSPS) is 11.9. The van der Waals surface area contributed by atoms with Crippen molar-refractivity contribution in [2.24, 2.45) is 0 Å². The SMILES string of the molecule is Cc1ccc(C(=O)CC(Nc2ccc(C)c(C)c2)c2ccc(Cl)c(Cl)c2)cc1. The van der Waals surface area contributed by atoms with Crippen LogP contribution in [0.25, 0.3) is 0 Å². The molecule has 1 atom stereocenters. The highest BCUT2D eigenvalue weighted by atomic mass is 35.5. The number of anilines is 1. The predicted molar refractivity (Wildman–Crippen MR) is 119 cm³/mol. The zero-order valence-electron chi connectivity index (χ0n) is 16.2. The molecular weight excluding hydrogens is 389 g/mol. The highest BCUT2D eigenvalue weighted by Crippen LogP contribution is 2.30. The summed E-state index contributed by atoms with van der Waals surface area (Å²) in [5.74, 6) is 0.0763. The van der Waals surface area contributed by atoms with Crippen molar-refractivity contribution in [1.29, 1.82) is 0 Å². The first kappa shape index (κ1) is 20.4. The van der Waals surface area contributed by atoms with Crippen molar-refractivity contribution in [3.8, 4) is 0 Å². The number of carbonyl (C=O) groups excluding carboxylic acids is 1. The zero-order chi connectivity index (χ0) is 20.3.